The zero-order chi connectivity index (χ0) is 15.2. The highest BCUT2D eigenvalue weighted by atomic mass is 16.1. The first kappa shape index (κ1) is 15.1. The van der Waals surface area contributed by atoms with Crippen LogP contribution in [0.4, 0.5) is 5.69 Å². The van der Waals surface area contributed by atoms with E-state index in [1.54, 1.807) is 11.7 Å². The molecule has 1 aromatic heterocycles. The number of hydrogen-bond acceptors (Lipinski definition) is 5. The van der Waals surface area contributed by atoms with Gasteiger partial charge in [-0.25, -0.2) is 4.68 Å². The van der Waals surface area contributed by atoms with Gasteiger partial charge in [0.2, 0.25) is 5.91 Å². The van der Waals surface area contributed by atoms with Crippen molar-refractivity contribution < 1.29 is 4.79 Å². The van der Waals surface area contributed by atoms with Crippen molar-refractivity contribution in [3.05, 3.63) is 24.3 Å². The number of carbonyl (C=O) groups excluding carboxylic acids is 1. The summed E-state index contributed by atoms with van der Waals surface area (Å²) in [6.07, 6.45) is 1.63. The van der Waals surface area contributed by atoms with Crippen molar-refractivity contribution in [3.8, 4) is 11.4 Å². The molecule has 112 valence electrons. The lowest BCUT2D eigenvalue weighted by atomic mass is 10.0. The van der Waals surface area contributed by atoms with Crippen LogP contribution in [0.15, 0.2) is 24.3 Å². The third-order valence-electron chi connectivity index (χ3n) is 3.30. The number of aryl methyl sites for hydroxylation is 1. The third-order valence-corrected chi connectivity index (χ3v) is 3.30. The number of amides is 1. The van der Waals surface area contributed by atoms with E-state index >= 15 is 0 Å². The average molecular weight is 288 g/mol. The molecule has 1 aromatic carbocycles. The normalized spacial score (nSPS) is 12.1. The van der Waals surface area contributed by atoms with E-state index in [1.807, 2.05) is 31.2 Å². The second-order valence-electron chi connectivity index (χ2n) is 5.03. The van der Waals surface area contributed by atoms with E-state index in [-0.39, 0.29) is 11.8 Å². The van der Waals surface area contributed by atoms with E-state index in [1.165, 1.54) is 0 Å². The molecule has 1 atom stereocenters. The van der Waals surface area contributed by atoms with Crippen molar-refractivity contribution in [2.75, 3.05) is 11.9 Å². The van der Waals surface area contributed by atoms with Gasteiger partial charge in [-0.05, 0) is 41.9 Å². The van der Waals surface area contributed by atoms with Gasteiger partial charge in [0.25, 0.3) is 0 Å². The van der Waals surface area contributed by atoms with E-state index in [4.69, 9.17) is 5.73 Å². The van der Waals surface area contributed by atoms with E-state index in [0.29, 0.717) is 12.4 Å². The molecule has 7 nitrogen and oxygen atoms in total. The molecule has 7 heteroatoms. The molecule has 0 spiro atoms. The summed E-state index contributed by atoms with van der Waals surface area (Å²) in [6, 6.07) is 7.48. The highest BCUT2D eigenvalue weighted by Gasteiger charge is 2.13. The Morgan fingerprint density at radius 3 is 2.95 bits per heavy atom. The second kappa shape index (κ2) is 6.94. The summed E-state index contributed by atoms with van der Waals surface area (Å²) in [7, 11) is 1.77. The SMILES string of the molecule is CC(CCCN)C(=O)Nc1cccc(-c2nnnn2C)c1. The minimum atomic E-state index is -0.0614. The molecule has 0 aliphatic heterocycles. The molecular formula is C14H20N6O. The Balaban J connectivity index is 2.08. The summed E-state index contributed by atoms with van der Waals surface area (Å²) in [5.74, 6) is 0.590. The number of nitrogens with two attached hydrogens (primary N) is 1. The highest BCUT2D eigenvalue weighted by Crippen LogP contribution is 2.20. The fourth-order valence-corrected chi connectivity index (χ4v) is 2.03. The smallest absolute Gasteiger partial charge is 0.227 e. The number of nitrogens with one attached hydrogen (secondary N) is 1. The number of rotatable bonds is 6. The van der Waals surface area contributed by atoms with Crippen LogP contribution in [0.3, 0.4) is 0 Å². The van der Waals surface area contributed by atoms with Crippen LogP contribution >= 0.6 is 0 Å². The number of anilines is 1. The lowest BCUT2D eigenvalue weighted by Gasteiger charge is -2.12. The molecule has 1 amide bonds. The molecule has 0 radical (unpaired) electrons. The summed E-state index contributed by atoms with van der Waals surface area (Å²) < 4.78 is 1.59. The van der Waals surface area contributed by atoms with Crippen LogP contribution in [-0.2, 0) is 11.8 Å². The van der Waals surface area contributed by atoms with Gasteiger partial charge in [-0.2, -0.15) is 0 Å². The topological polar surface area (TPSA) is 98.7 Å². The van der Waals surface area contributed by atoms with Crippen molar-refractivity contribution >= 4 is 11.6 Å². The van der Waals surface area contributed by atoms with Gasteiger partial charge in [-0.1, -0.05) is 19.1 Å². The first-order valence-electron chi connectivity index (χ1n) is 6.95. The Labute approximate surface area is 123 Å². The Kier molecular flexibility index (Phi) is 4.99. The minimum Gasteiger partial charge on any atom is -0.330 e. The number of aromatic nitrogens is 4. The Morgan fingerprint density at radius 1 is 1.48 bits per heavy atom. The fraction of sp³-hybridized carbons (Fsp3) is 0.429. The maximum atomic E-state index is 12.1. The van der Waals surface area contributed by atoms with Crippen LogP contribution in [0.25, 0.3) is 11.4 Å². The Hall–Kier alpha value is -2.28. The molecule has 2 aromatic rings. The van der Waals surface area contributed by atoms with Crippen molar-refractivity contribution in [2.24, 2.45) is 18.7 Å². The van der Waals surface area contributed by atoms with Gasteiger partial charge in [0, 0.05) is 24.2 Å². The standard InChI is InChI=1S/C14H20N6O/c1-10(5-4-8-15)14(21)16-12-7-3-6-11(9-12)13-17-18-19-20(13)2/h3,6-7,9-10H,4-5,8,15H2,1-2H3,(H,16,21). The molecule has 0 aliphatic rings. The van der Waals surface area contributed by atoms with Crippen LogP contribution in [0.1, 0.15) is 19.8 Å². The van der Waals surface area contributed by atoms with Crippen LogP contribution in [0, 0.1) is 5.92 Å². The number of nitrogens with zero attached hydrogens (tertiary/aromatic N) is 4. The average Bonchev–Trinajstić information content (AvgIpc) is 2.91. The summed E-state index contributed by atoms with van der Waals surface area (Å²) in [5.41, 5.74) is 7.06. The number of tetrazole rings is 1. The van der Waals surface area contributed by atoms with Crippen LogP contribution in [-0.4, -0.2) is 32.7 Å². The molecule has 3 N–H and O–H groups in total. The number of hydrogen-bond donors (Lipinski definition) is 2. The van der Waals surface area contributed by atoms with Crippen molar-refractivity contribution in [3.63, 3.8) is 0 Å². The van der Waals surface area contributed by atoms with E-state index < -0.39 is 0 Å². The number of carbonyl (C=O) groups is 1. The zero-order valence-electron chi connectivity index (χ0n) is 12.3. The monoisotopic (exact) mass is 288 g/mol. The lowest BCUT2D eigenvalue weighted by molar-refractivity contribution is -0.119. The largest absolute Gasteiger partial charge is 0.330 e. The quantitative estimate of drug-likeness (QED) is 0.832. The van der Waals surface area contributed by atoms with Gasteiger partial charge < -0.3 is 11.1 Å². The van der Waals surface area contributed by atoms with Crippen LogP contribution < -0.4 is 11.1 Å². The van der Waals surface area contributed by atoms with Crippen LogP contribution in [0.2, 0.25) is 0 Å². The van der Waals surface area contributed by atoms with Gasteiger partial charge in [0.05, 0.1) is 0 Å². The molecule has 0 fully saturated rings. The zero-order valence-corrected chi connectivity index (χ0v) is 12.3. The van der Waals surface area contributed by atoms with E-state index in [2.05, 4.69) is 20.8 Å². The Morgan fingerprint density at radius 2 is 2.29 bits per heavy atom. The van der Waals surface area contributed by atoms with Gasteiger partial charge in [-0.3, -0.25) is 4.79 Å². The van der Waals surface area contributed by atoms with Gasteiger partial charge >= 0.3 is 0 Å². The second-order valence-corrected chi connectivity index (χ2v) is 5.03. The molecule has 21 heavy (non-hydrogen) atoms. The minimum absolute atomic E-state index is 0.00306. The lowest BCUT2D eigenvalue weighted by Crippen LogP contribution is -2.21. The third kappa shape index (κ3) is 3.85. The summed E-state index contributed by atoms with van der Waals surface area (Å²) in [5, 5.41) is 14.3. The summed E-state index contributed by atoms with van der Waals surface area (Å²) in [4.78, 5) is 12.1. The maximum absolute atomic E-state index is 12.1. The van der Waals surface area contributed by atoms with Crippen molar-refractivity contribution in [2.45, 2.75) is 19.8 Å². The predicted molar refractivity (Wildman–Crippen MR) is 80.3 cm³/mol. The molecule has 1 unspecified atom stereocenters. The van der Waals surface area contributed by atoms with Gasteiger partial charge in [0.15, 0.2) is 5.82 Å². The van der Waals surface area contributed by atoms with E-state index in [0.717, 1.165) is 24.1 Å². The molecule has 0 aliphatic carbocycles. The molecule has 0 saturated heterocycles. The number of benzene rings is 1. The Bertz CT molecular complexity index is 609. The molecule has 2 rings (SSSR count). The van der Waals surface area contributed by atoms with Gasteiger partial charge in [0.1, 0.15) is 0 Å². The first-order chi connectivity index (χ1) is 10.1. The maximum Gasteiger partial charge on any atom is 0.227 e. The fourth-order valence-electron chi connectivity index (χ4n) is 2.03. The summed E-state index contributed by atoms with van der Waals surface area (Å²) >= 11 is 0. The highest BCUT2D eigenvalue weighted by molar-refractivity contribution is 5.92. The van der Waals surface area contributed by atoms with E-state index in [9.17, 15) is 4.79 Å². The van der Waals surface area contributed by atoms with Gasteiger partial charge in [-0.15, -0.1) is 5.10 Å². The molecule has 0 saturated carbocycles. The summed E-state index contributed by atoms with van der Waals surface area (Å²) in [6.45, 7) is 2.51. The first-order valence-corrected chi connectivity index (χ1v) is 6.95. The van der Waals surface area contributed by atoms with Crippen LogP contribution in [0.5, 0.6) is 0 Å². The van der Waals surface area contributed by atoms with Crippen molar-refractivity contribution in [1.29, 1.82) is 0 Å². The predicted octanol–water partition coefficient (Wildman–Crippen LogP) is 1.19. The van der Waals surface area contributed by atoms with Crippen molar-refractivity contribution in [1.82, 2.24) is 20.2 Å². The molecule has 0 bridgehead atoms. The molecular weight excluding hydrogens is 268 g/mol. The molecule has 1 heterocycles.